The first-order valence-corrected chi connectivity index (χ1v) is 4.09. The van der Waals surface area contributed by atoms with E-state index < -0.39 is 11.7 Å². The standard InChI is InChI=1S/C7H4BrClO3/c8-5-2-3(9)1-4(6(5)10)7(11)12/h1-2,10H,(H,11,12)/p-1. The van der Waals surface area contributed by atoms with Gasteiger partial charge in [0.2, 0.25) is 0 Å². The highest BCUT2D eigenvalue weighted by molar-refractivity contribution is 9.10. The second-order valence-electron chi connectivity index (χ2n) is 2.07. The Morgan fingerprint density at radius 2 is 2.17 bits per heavy atom. The largest absolute Gasteiger partial charge is 0.871 e. The maximum Gasteiger partial charge on any atom is 0.335 e. The lowest BCUT2D eigenvalue weighted by Crippen LogP contribution is -2.04. The average Bonchev–Trinajstić information content (AvgIpc) is 1.96. The van der Waals surface area contributed by atoms with Crippen LogP contribution in [0.15, 0.2) is 16.6 Å². The lowest BCUT2D eigenvalue weighted by Gasteiger charge is -2.12. The maximum atomic E-state index is 11.1. The number of rotatable bonds is 1. The highest BCUT2D eigenvalue weighted by atomic mass is 79.9. The number of carboxylic acid groups (broad SMARTS) is 1. The number of benzene rings is 1. The van der Waals surface area contributed by atoms with Gasteiger partial charge in [0.25, 0.3) is 0 Å². The van der Waals surface area contributed by atoms with Crippen LogP contribution in [-0.2, 0) is 0 Å². The second-order valence-corrected chi connectivity index (χ2v) is 3.36. The molecule has 0 heterocycles. The highest BCUT2D eigenvalue weighted by Crippen LogP contribution is 2.28. The zero-order valence-electron chi connectivity index (χ0n) is 5.67. The molecule has 1 aromatic rings. The van der Waals surface area contributed by atoms with E-state index in [-0.39, 0.29) is 15.1 Å². The lowest BCUT2D eigenvalue weighted by atomic mass is 10.2. The Hall–Kier alpha value is -0.740. The molecular weight excluding hydrogens is 247 g/mol. The van der Waals surface area contributed by atoms with Crippen LogP contribution < -0.4 is 5.11 Å². The molecule has 0 bridgehead atoms. The fourth-order valence-electron chi connectivity index (χ4n) is 0.719. The summed E-state index contributed by atoms with van der Waals surface area (Å²) in [4.78, 5) is 10.4. The van der Waals surface area contributed by atoms with E-state index in [1.165, 1.54) is 6.07 Å². The van der Waals surface area contributed by atoms with Gasteiger partial charge < -0.3 is 10.2 Å². The molecule has 5 heteroatoms. The van der Waals surface area contributed by atoms with Gasteiger partial charge in [0.15, 0.2) is 0 Å². The lowest BCUT2D eigenvalue weighted by molar-refractivity contribution is -0.270. The Labute approximate surface area is 81.7 Å². The summed E-state index contributed by atoms with van der Waals surface area (Å²) in [5.74, 6) is -1.84. The van der Waals surface area contributed by atoms with Crippen LogP contribution >= 0.6 is 27.5 Å². The molecule has 0 aliphatic rings. The van der Waals surface area contributed by atoms with Crippen molar-refractivity contribution in [3.8, 4) is 5.75 Å². The van der Waals surface area contributed by atoms with E-state index in [2.05, 4.69) is 15.9 Å². The van der Waals surface area contributed by atoms with Gasteiger partial charge in [-0.15, -0.1) is 0 Å². The summed E-state index contributed by atoms with van der Waals surface area (Å²) in [5.41, 5.74) is -0.325. The molecule has 0 saturated carbocycles. The molecule has 12 heavy (non-hydrogen) atoms. The summed E-state index contributed by atoms with van der Waals surface area (Å²) in [6.07, 6.45) is 0. The van der Waals surface area contributed by atoms with Crippen molar-refractivity contribution in [1.82, 2.24) is 0 Å². The van der Waals surface area contributed by atoms with E-state index in [0.29, 0.717) is 0 Å². The average molecular weight is 250 g/mol. The molecule has 0 aliphatic heterocycles. The van der Waals surface area contributed by atoms with Crippen LogP contribution in [0.25, 0.3) is 0 Å². The topological polar surface area (TPSA) is 60.4 Å². The third-order valence-electron chi connectivity index (χ3n) is 1.24. The minimum atomic E-state index is -1.27. The molecule has 0 spiro atoms. The quantitative estimate of drug-likeness (QED) is 0.828. The number of hydrogen-bond donors (Lipinski definition) is 1. The van der Waals surface area contributed by atoms with Gasteiger partial charge >= 0.3 is 5.97 Å². The number of carbonyl (C=O) groups is 1. The van der Waals surface area contributed by atoms with Gasteiger partial charge in [0, 0.05) is 9.50 Å². The first-order valence-electron chi connectivity index (χ1n) is 2.91. The summed E-state index contributed by atoms with van der Waals surface area (Å²) < 4.78 is 0.160. The Morgan fingerprint density at radius 3 is 2.67 bits per heavy atom. The van der Waals surface area contributed by atoms with Gasteiger partial charge in [0.1, 0.15) is 0 Å². The number of carboxylic acids is 1. The van der Waals surface area contributed by atoms with Crippen LogP contribution in [-0.4, -0.2) is 11.1 Å². The van der Waals surface area contributed by atoms with Crippen molar-refractivity contribution >= 4 is 33.5 Å². The molecule has 0 radical (unpaired) electrons. The smallest absolute Gasteiger partial charge is 0.335 e. The summed E-state index contributed by atoms with van der Waals surface area (Å²) >= 11 is 8.44. The fraction of sp³-hybridized carbons (Fsp3) is 0. The highest BCUT2D eigenvalue weighted by Gasteiger charge is 2.06. The SMILES string of the molecule is O=C(O)c1cc(Cl)cc(Br)c1[O-]. The molecule has 1 aromatic carbocycles. The first kappa shape index (κ1) is 9.35. The molecule has 0 aromatic heterocycles. The van der Waals surface area contributed by atoms with Crippen LogP contribution in [0.2, 0.25) is 5.02 Å². The third-order valence-corrected chi connectivity index (χ3v) is 2.05. The fourth-order valence-corrected chi connectivity index (χ4v) is 1.53. The van der Waals surface area contributed by atoms with E-state index in [1.807, 2.05) is 0 Å². The minimum Gasteiger partial charge on any atom is -0.871 e. The van der Waals surface area contributed by atoms with E-state index in [1.54, 1.807) is 0 Å². The molecule has 0 amide bonds. The molecule has 0 aliphatic carbocycles. The summed E-state index contributed by atoms with van der Waals surface area (Å²) in [6, 6.07) is 2.48. The van der Waals surface area contributed by atoms with E-state index in [0.717, 1.165) is 6.07 Å². The number of aromatic carboxylic acids is 1. The van der Waals surface area contributed by atoms with Crippen LogP contribution in [0.5, 0.6) is 5.75 Å². The minimum absolute atomic E-state index is 0.160. The summed E-state index contributed by atoms with van der Waals surface area (Å²) in [5, 5.41) is 19.8. The van der Waals surface area contributed by atoms with Crippen molar-refractivity contribution in [1.29, 1.82) is 0 Å². The van der Waals surface area contributed by atoms with Crippen molar-refractivity contribution in [2.45, 2.75) is 0 Å². The maximum absolute atomic E-state index is 11.1. The van der Waals surface area contributed by atoms with Crippen LogP contribution in [0.3, 0.4) is 0 Å². The molecule has 0 atom stereocenters. The zero-order chi connectivity index (χ0) is 9.30. The molecule has 1 N–H and O–H groups in total. The predicted molar refractivity (Wildman–Crippen MR) is 45.6 cm³/mol. The van der Waals surface area contributed by atoms with E-state index in [4.69, 9.17) is 16.7 Å². The van der Waals surface area contributed by atoms with Gasteiger partial charge in [-0.25, -0.2) is 4.79 Å². The van der Waals surface area contributed by atoms with E-state index >= 15 is 0 Å². The zero-order valence-corrected chi connectivity index (χ0v) is 8.02. The Kier molecular flexibility index (Phi) is 2.59. The molecule has 0 unspecified atom stereocenters. The molecule has 1 rings (SSSR count). The molecular formula is C7H3BrClO3-. The number of hydrogen-bond acceptors (Lipinski definition) is 2. The molecule has 3 nitrogen and oxygen atoms in total. The Morgan fingerprint density at radius 1 is 1.58 bits per heavy atom. The Balaban J connectivity index is 3.37. The Bertz CT molecular complexity index is 338. The van der Waals surface area contributed by atoms with Gasteiger partial charge in [-0.2, -0.15) is 0 Å². The van der Waals surface area contributed by atoms with Gasteiger partial charge in [-0.1, -0.05) is 33.3 Å². The third kappa shape index (κ3) is 1.70. The van der Waals surface area contributed by atoms with Crippen molar-refractivity contribution in [2.24, 2.45) is 0 Å². The predicted octanol–water partition coefficient (Wildman–Crippen LogP) is 1.87. The van der Waals surface area contributed by atoms with E-state index in [9.17, 15) is 9.90 Å². The number of halogens is 2. The van der Waals surface area contributed by atoms with Crippen molar-refractivity contribution < 1.29 is 15.0 Å². The van der Waals surface area contributed by atoms with Crippen LogP contribution in [0.4, 0.5) is 0 Å². The monoisotopic (exact) mass is 249 g/mol. The summed E-state index contributed by atoms with van der Waals surface area (Å²) in [6.45, 7) is 0. The first-order chi connectivity index (χ1) is 5.52. The van der Waals surface area contributed by atoms with Gasteiger partial charge in [0.05, 0.1) is 5.56 Å². The van der Waals surface area contributed by atoms with Crippen LogP contribution in [0.1, 0.15) is 10.4 Å². The summed E-state index contributed by atoms with van der Waals surface area (Å²) in [7, 11) is 0. The van der Waals surface area contributed by atoms with Crippen molar-refractivity contribution in [2.75, 3.05) is 0 Å². The molecule has 0 fully saturated rings. The second kappa shape index (κ2) is 3.33. The van der Waals surface area contributed by atoms with Crippen molar-refractivity contribution in [3.05, 3.63) is 27.2 Å². The van der Waals surface area contributed by atoms with Crippen LogP contribution in [0, 0.1) is 0 Å². The molecule has 64 valence electrons. The van der Waals surface area contributed by atoms with Crippen molar-refractivity contribution in [3.63, 3.8) is 0 Å². The molecule has 0 saturated heterocycles. The normalized spacial score (nSPS) is 9.83. The van der Waals surface area contributed by atoms with Gasteiger partial charge in [-0.05, 0) is 12.1 Å². The van der Waals surface area contributed by atoms with Gasteiger partial charge in [-0.3, -0.25) is 0 Å².